The Hall–Kier alpha value is -2.87. The first-order valence-electron chi connectivity index (χ1n) is 7.04. The molecule has 3 rings (SSSR count). The first-order chi connectivity index (χ1) is 11.3. The molecule has 0 atom stereocenters. The molecular formula is C15H16N4O4. The van der Waals surface area contributed by atoms with Crippen LogP contribution in [-0.4, -0.2) is 43.2 Å². The second-order valence-corrected chi connectivity index (χ2v) is 4.75. The summed E-state index contributed by atoms with van der Waals surface area (Å²) in [7, 11) is 1.62. The molecule has 2 heterocycles. The molecule has 8 heteroatoms. The minimum absolute atomic E-state index is 0.190. The van der Waals surface area contributed by atoms with E-state index in [1.807, 2.05) is 0 Å². The minimum Gasteiger partial charge on any atom is -0.454 e. The van der Waals surface area contributed by atoms with Gasteiger partial charge in [-0.05, 0) is 24.3 Å². The van der Waals surface area contributed by atoms with Crippen molar-refractivity contribution in [3.8, 4) is 11.5 Å². The second kappa shape index (κ2) is 6.93. The molecule has 0 saturated carbocycles. The van der Waals surface area contributed by atoms with Gasteiger partial charge in [-0.15, -0.1) is 10.2 Å². The number of methoxy groups -OCH3 is 1. The Labute approximate surface area is 132 Å². The summed E-state index contributed by atoms with van der Waals surface area (Å²) in [4.78, 5) is 12.2. The maximum absolute atomic E-state index is 12.2. The van der Waals surface area contributed by atoms with Crippen molar-refractivity contribution in [2.75, 3.05) is 37.7 Å². The van der Waals surface area contributed by atoms with Crippen molar-refractivity contribution in [1.82, 2.24) is 10.2 Å². The number of carbonyl (C=O) groups excluding carboxylic acids is 1. The van der Waals surface area contributed by atoms with Gasteiger partial charge in [0.1, 0.15) is 5.82 Å². The van der Waals surface area contributed by atoms with Crippen LogP contribution >= 0.6 is 0 Å². The van der Waals surface area contributed by atoms with Gasteiger partial charge in [-0.1, -0.05) is 0 Å². The fourth-order valence-electron chi connectivity index (χ4n) is 2.00. The van der Waals surface area contributed by atoms with Gasteiger partial charge in [0.25, 0.3) is 5.91 Å². The molecule has 120 valence electrons. The van der Waals surface area contributed by atoms with E-state index in [0.29, 0.717) is 36.2 Å². The van der Waals surface area contributed by atoms with Crippen molar-refractivity contribution in [1.29, 1.82) is 0 Å². The molecule has 0 unspecified atom stereocenters. The first-order valence-corrected chi connectivity index (χ1v) is 7.04. The molecule has 1 aromatic heterocycles. The van der Waals surface area contributed by atoms with Crippen LogP contribution in [0.4, 0.5) is 11.5 Å². The third-order valence-corrected chi connectivity index (χ3v) is 3.14. The largest absolute Gasteiger partial charge is 0.454 e. The van der Waals surface area contributed by atoms with E-state index in [1.54, 1.807) is 37.4 Å². The molecule has 8 nitrogen and oxygen atoms in total. The van der Waals surface area contributed by atoms with E-state index in [2.05, 4.69) is 20.8 Å². The van der Waals surface area contributed by atoms with Crippen LogP contribution in [0.25, 0.3) is 0 Å². The molecule has 0 aliphatic carbocycles. The quantitative estimate of drug-likeness (QED) is 0.780. The van der Waals surface area contributed by atoms with E-state index >= 15 is 0 Å². The summed E-state index contributed by atoms with van der Waals surface area (Å²) in [6, 6.07) is 8.47. The number of amides is 1. The number of aromatic nitrogens is 2. The number of nitrogens with zero attached hydrogens (tertiary/aromatic N) is 2. The van der Waals surface area contributed by atoms with Crippen LogP contribution in [0.3, 0.4) is 0 Å². The molecule has 23 heavy (non-hydrogen) atoms. The van der Waals surface area contributed by atoms with Crippen molar-refractivity contribution in [2.24, 2.45) is 0 Å². The molecular weight excluding hydrogens is 300 g/mol. The number of carbonyl (C=O) groups is 1. The molecule has 0 saturated heterocycles. The molecule has 1 aliphatic rings. The Morgan fingerprint density at radius 3 is 2.87 bits per heavy atom. The lowest BCUT2D eigenvalue weighted by Crippen LogP contribution is -2.15. The van der Waals surface area contributed by atoms with E-state index in [9.17, 15) is 4.79 Å². The molecule has 0 bridgehead atoms. The van der Waals surface area contributed by atoms with Gasteiger partial charge in [0.2, 0.25) is 6.79 Å². The van der Waals surface area contributed by atoms with E-state index < -0.39 is 0 Å². The molecule has 0 fully saturated rings. The van der Waals surface area contributed by atoms with Gasteiger partial charge in [-0.25, -0.2) is 0 Å². The SMILES string of the molecule is COCCNc1ccc(C(=O)Nc2ccc3c(c2)OCO3)nn1. The summed E-state index contributed by atoms with van der Waals surface area (Å²) in [5.41, 5.74) is 0.823. The summed E-state index contributed by atoms with van der Waals surface area (Å²) >= 11 is 0. The Balaban J connectivity index is 1.61. The van der Waals surface area contributed by atoms with Crippen LogP contribution < -0.4 is 20.1 Å². The maximum atomic E-state index is 12.2. The van der Waals surface area contributed by atoms with E-state index in [4.69, 9.17) is 14.2 Å². The highest BCUT2D eigenvalue weighted by atomic mass is 16.7. The van der Waals surface area contributed by atoms with Gasteiger partial charge in [-0.3, -0.25) is 4.79 Å². The molecule has 2 N–H and O–H groups in total. The van der Waals surface area contributed by atoms with E-state index in [1.165, 1.54) is 0 Å². The van der Waals surface area contributed by atoms with Crippen LogP contribution in [0.1, 0.15) is 10.5 Å². The van der Waals surface area contributed by atoms with Gasteiger partial charge in [0, 0.05) is 25.4 Å². The summed E-state index contributed by atoms with van der Waals surface area (Å²) < 4.78 is 15.4. The second-order valence-electron chi connectivity index (χ2n) is 4.75. The van der Waals surface area contributed by atoms with Crippen molar-refractivity contribution in [2.45, 2.75) is 0 Å². The van der Waals surface area contributed by atoms with Crippen LogP contribution in [-0.2, 0) is 4.74 Å². The number of ether oxygens (including phenoxy) is 3. The standard InChI is InChI=1S/C15H16N4O4/c1-21-7-6-16-14-5-3-11(18-19-14)15(20)17-10-2-4-12-13(8-10)23-9-22-12/h2-5,8H,6-7,9H2,1H3,(H,16,19)(H,17,20). The molecule has 0 spiro atoms. The zero-order chi connectivity index (χ0) is 16.1. The summed E-state index contributed by atoms with van der Waals surface area (Å²) in [6.45, 7) is 1.37. The van der Waals surface area contributed by atoms with Crippen molar-refractivity contribution < 1.29 is 19.0 Å². The smallest absolute Gasteiger partial charge is 0.276 e. The summed E-state index contributed by atoms with van der Waals surface area (Å²) in [5.74, 6) is 1.50. The van der Waals surface area contributed by atoms with Gasteiger partial charge in [0.15, 0.2) is 17.2 Å². The highest BCUT2D eigenvalue weighted by Gasteiger charge is 2.15. The molecule has 1 aromatic carbocycles. The minimum atomic E-state index is -0.347. The lowest BCUT2D eigenvalue weighted by atomic mass is 10.2. The maximum Gasteiger partial charge on any atom is 0.276 e. The van der Waals surface area contributed by atoms with Crippen molar-refractivity contribution in [3.63, 3.8) is 0 Å². The fraction of sp³-hybridized carbons (Fsp3) is 0.267. The third-order valence-electron chi connectivity index (χ3n) is 3.14. The van der Waals surface area contributed by atoms with E-state index in [0.717, 1.165) is 0 Å². The van der Waals surface area contributed by atoms with Crippen LogP contribution in [0.15, 0.2) is 30.3 Å². The number of fused-ring (bicyclic) bond motifs is 1. The zero-order valence-electron chi connectivity index (χ0n) is 12.5. The Morgan fingerprint density at radius 1 is 1.22 bits per heavy atom. The molecule has 2 aromatic rings. The third kappa shape index (κ3) is 3.67. The van der Waals surface area contributed by atoms with Crippen LogP contribution in [0.5, 0.6) is 11.5 Å². The highest BCUT2D eigenvalue weighted by molar-refractivity contribution is 6.02. The average molecular weight is 316 g/mol. The zero-order valence-corrected chi connectivity index (χ0v) is 12.5. The summed E-state index contributed by atoms with van der Waals surface area (Å²) in [5, 5.41) is 13.6. The average Bonchev–Trinajstić information content (AvgIpc) is 3.03. The number of hydrogen-bond acceptors (Lipinski definition) is 7. The Kier molecular flexibility index (Phi) is 4.53. The lowest BCUT2D eigenvalue weighted by molar-refractivity contribution is 0.102. The van der Waals surface area contributed by atoms with Gasteiger partial charge in [-0.2, -0.15) is 0 Å². The predicted octanol–water partition coefficient (Wildman–Crippen LogP) is 1.52. The predicted molar refractivity (Wildman–Crippen MR) is 82.9 cm³/mol. The van der Waals surface area contributed by atoms with Crippen LogP contribution in [0.2, 0.25) is 0 Å². The molecule has 1 amide bonds. The Morgan fingerprint density at radius 2 is 2.09 bits per heavy atom. The lowest BCUT2D eigenvalue weighted by Gasteiger charge is -2.07. The number of nitrogens with one attached hydrogen (secondary N) is 2. The summed E-state index contributed by atoms with van der Waals surface area (Å²) in [6.07, 6.45) is 0. The Bertz CT molecular complexity index is 690. The molecule has 0 radical (unpaired) electrons. The van der Waals surface area contributed by atoms with E-state index in [-0.39, 0.29) is 18.4 Å². The molecule has 1 aliphatic heterocycles. The van der Waals surface area contributed by atoms with Crippen molar-refractivity contribution >= 4 is 17.4 Å². The van der Waals surface area contributed by atoms with Crippen LogP contribution in [0, 0.1) is 0 Å². The first kappa shape index (κ1) is 15.0. The van der Waals surface area contributed by atoms with Gasteiger partial charge in [0.05, 0.1) is 6.61 Å². The number of hydrogen-bond donors (Lipinski definition) is 2. The highest BCUT2D eigenvalue weighted by Crippen LogP contribution is 2.34. The normalized spacial score (nSPS) is 12.0. The van der Waals surface area contributed by atoms with Gasteiger partial charge < -0.3 is 24.8 Å². The van der Waals surface area contributed by atoms with Gasteiger partial charge >= 0.3 is 0 Å². The van der Waals surface area contributed by atoms with Crippen molar-refractivity contribution in [3.05, 3.63) is 36.0 Å². The topological polar surface area (TPSA) is 94.6 Å². The fourth-order valence-corrected chi connectivity index (χ4v) is 2.00. The number of benzene rings is 1. The number of anilines is 2. The monoisotopic (exact) mass is 316 g/mol. The number of rotatable bonds is 6.